The van der Waals surface area contributed by atoms with Gasteiger partial charge in [0.2, 0.25) is 0 Å². The standard InChI is InChI=1S/C20H17FN2O3/c21-16-6-4-14(5-7-16)13-26-19-9-8-18(23-12-19)11-22-17-3-1-2-15(10-17)20(24)25/h1-10,12,22H,11,13H2,(H,24,25). The van der Waals surface area contributed by atoms with Gasteiger partial charge in [-0.2, -0.15) is 0 Å². The Hall–Kier alpha value is -3.41. The molecule has 5 nitrogen and oxygen atoms in total. The Morgan fingerprint density at radius 3 is 2.62 bits per heavy atom. The maximum Gasteiger partial charge on any atom is 0.335 e. The monoisotopic (exact) mass is 352 g/mol. The number of carbonyl (C=O) groups is 1. The molecule has 0 unspecified atom stereocenters. The summed E-state index contributed by atoms with van der Waals surface area (Å²) in [4.78, 5) is 15.3. The van der Waals surface area contributed by atoms with E-state index in [9.17, 15) is 9.18 Å². The SMILES string of the molecule is O=C(O)c1cccc(NCc2ccc(OCc3ccc(F)cc3)cn2)c1. The molecule has 132 valence electrons. The first kappa shape index (κ1) is 17.4. The number of hydrogen-bond acceptors (Lipinski definition) is 4. The number of benzene rings is 2. The molecule has 0 bridgehead atoms. The van der Waals surface area contributed by atoms with Crippen LogP contribution < -0.4 is 10.1 Å². The summed E-state index contributed by atoms with van der Waals surface area (Å²) in [6, 6.07) is 16.4. The minimum absolute atomic E-state index is 0.229. The number of carboxylic acid groups (broad SMARTS) is 1. The maximum atomic E-state index is 12.9. The van der Waals surface area contributed by atoms with Crippen molar-refractivity contribution in [2.24, 2.45) is 0 Å². The molecule has 0 saturated heterocycles. The van der Waals surface area contributed by atoms with E-state index in [1.54, 1.807) is 48.7 Å². The number of pyridine rings is 1. The molecule has 1 aromatic heterocycles. The average Bonchev–Trinajstić information content (AvgIpc) is 2.67. The van der Waals surface area contributed by atoms with Gasteiger partial charge in [-0.1, -0.05) is 18.2 Å². The molecule has 0 atom stereocenters. The molecule has 0 saturated carbocycles. The number of anilines is 1. The summed E-state index contributed by atoms with van der Waals surface area (Å²) in [7, 11) is 0. The molecule has 0 radical (unpaired) electrons. The number of nitrogens with zero attached hydrogens (tertiary/aromatic N) is 1. The van der Waals surface area contributed by atoms with Crippen molar-refractivity contribution >= 4 is 11.7 Å². The van der Waals surface area contributed by atoms with Crippen molar-refractivity contribution in [1.29, 1.82) is 0 Å². The van der Waals surface area contributed by atoms with Crippen LogP contribution in [0.3, 0.4) is 0 Å². The van der Waals surface area contributed by atoms with Crippen molar-refractivity contribution in [3.8, 4) is 5.75 Å². The summed E-state index contributed by atoms with van der Waals surface area (Å²) in [5, 5.41) is 12.1. The minimum atomic E-state index is -0.963. The van der Waals surface area contributed by atoms with Gasteiger partial charge in [-0.3, -0.25) is 4.98 Å². The Bertz CT molecular complexity index is 880. The van der Waals surface area contributed by atoms with E-state index in [-0.39, 0.29) is 11.4 Å². The van der Waals surface area contributed by atoms with Crippen LogP contribution in [-0.2, 0) is 13.2 Å². The van der Waals surface area contributed by atoms with E-state index in [1.165, 1.54) is 12.1 Å². The van der Waals surface area contributed by atoms with Gasteiger partial charge in [0.15, 0.2) is 0 Å². The third-order valence-corrected chi connectivity index (χ3v) is 3.70. The zero-order chi connectivity index (χ0) is 18.4. The maximum absolute atomic E-state index is 12.9. The van der Waals surface area contributed by atoms with Gasteiger partial charge in [0.05, 0.1) is 24.0 Å². The van der Waals surface area contributed by atoms with E-state index in [4.69, 9.17) is 9.84 Å². The van der Waals surface area contributed by atoms with E-state index >= 15 is 0 Å². The van der Waals surface area contributed by atoms with Crippen molar-refractivity contribution in [3.63, 3.8) is 0 Å². The van der Waals surface area contributed by atoms with Gasteiger partial charge < -0.3 is 15.2 Å². The molecule has 0 fully saturated rings. The van der Waals surface area contributed by atoms with Gasteiger partial charge in [-0.05, 0) is 48.0 Å². The first-order valence-corrected chi connectivity index (χ1v) is 7.99. The summed E-state index contributed by atoms with van der Waals surface area (Å²) in [5.41, 5.74) is 2.60. The Balaban J connectivity index is 1.53. The highest BCUT2D eigenvalue weighted by molar-refractivity contribution is 5.88. The summed E-state index contributed by atoms with van der Waals surface area (Å²) in [5.74, 6) is -0.624. The summed E-state index contributed by atoms with van der Waals surface area (Å²) in [6.45, 7) is 0.794. The molecule has 6 heteroatoms. The smallest absolute Gasteiger partial charge is 0.335 e. The number of halogens is 1. The van der Waals surface area contributed by atoms with E-state index in [2.05, 4.69) is 10.3 Å². The van der Waals surface area contributed by atoms with Crippen molar-refractivity contribution in [2.75, 3.05) is 5.32 Å². The van der Waals surface area contributed by atoms with E-state index in [1.807, 2.05) is 6.07 Å². The van der Waals surface area contributed by atoms with Gasteiger partial charge in [-0.15, -0.1) is 0 Å². The quantitative estimate of drug-likeness (QED) is 0.669. The second kappa shape index (κ2) is 8.11. The number of carboxylic acids is 1. The molecule has 1 heterocycles. The van der Waals surface area contributed by atoms with Crippen LogP contribution >= 0.6 is 0 Å². The highest BCUT2D eigenvalue weighted by Gasteiger charge is 2.04. The fourth-order valence-electron chi connectivity index (χ4n) is 2.30. The molecular formula is C20H17FN2O3. The predicted molar refractivity (Wildman–Crippen MR) is 95.7 cm³/mol. The van der Waals surface area contributed by atoms with Gasteiger partial charge in [0.25, 0.3) is 0 Å². The second-order valence-electron chi connectivity index (χ2n) is 5.64. The molecule has 2 aromatic carbocycles. The first-order valence-electron chi connectivity index (χ1n) is 7.99. The number of aromatic nitrogens is 1. The fraction of sp³-hybridized carbons (Fsp3) is 0.100. The van der Waals surface area contributed by atoms with Crippen LogP contribution in [0.4, 0.5) is 10.1 Å². The zero-order valence-electron chi connectivity index (χ0n) is 13.9. The Kier molecular flexibility index (Phi) is 5.43. The molecule has 3 aromatic rings. The molecule has 0 spiro atoms. The molecule has 26 heavy (non-hydrogen) atoms. The van der Waals surface area contributed by atoms with Crippen LogP contribution in [0.1, 0.15) is 21.6 Å². The third-order valence-electron chi connectivity index (χ3n) is 3.70. The van der Waals surface area contributed by atoms with Crippen molar-refractivity contribution in [3.05, 3.63) is 89.5 Å². The number of hydrogen-bond donors (Lipinski definition) is 2. The lowest BCUT2D eigenvalue weighted by atomic mass is 10.2. The minimum Gasteiger partial charge on any atom is -0.487 e. The van der Waals surface area contributed by atoms with E-state index < -0.39 is 5.97 Å². The molecule has 3 rings (SSSR count). The normalized spacial score (nSPS) is 10.3. The van der Waals surface area contributed by atoms with Gasteiger partial charge in [0.1, 0.15) is 18.2 Å². The fourth-order valence-corrected chi connectivity index (χ4v) is 2.30. The topological polar surface area (TPSA) is 71.5 Å². The van der Waals surface area contributed by atoms with Crippen molar-refractivity contribution < 1.29 is 19.0 Å². The highest BCUT2D eigenvalue weighted by atomic mass is 19.1. The molecular weight excluding hydrogens is 335 g/mol. The van der Waals surface area contributed by atoms with Crippen LogP contribution in [0.15, 0.2) is 66.9 Å². The molecule has 0 aliphatic heterocycles. The van der Waals surface area contributed by atoms with Gasteiger partial charge in [-0.25, -0.2) is 9.18 Å². The second-order valence-corrected chi connectivity index (χ2v) is 5.64. The summed E-state index contributed by atoms with van der Waals surface area (Å²) in [6.07, 6.45) is 1.62. The van der Waals surface area contributed by atoms with Crippen LogP contribution in [0.2, 0.25) is 0 Å². The molecule has 0 aliphatic rings. The average molecular weight is 352 g/mol. The highest BCUT2D eigenvalue weighted by Crippen LogP contribution is 2.15. The number of rotatable bonds is 7. The zero-order valence-corrected chi connectivity index (χ0v) is 13.9. The third kappa shape index (κ3) is 4.80. The van der Waals surface area contributed by atoms with Crippen LogP contribution in [0.25, 0.3) is 0 Å². The van der Waals surface area contributed by atoms with Crippen molar-refractivity contribution in [1.82, 2.24) is 4.98 Å². The Morgan fingerprint density at radius 2 is 1.92 bits per heavy atom. The first-order chi connectivity index (χ1) is 12.6. The lowest BCUT2D eigenvalue weighted by Crippen LogP contribution is -2.03. The van der Waals surface area contributed by atoms with Crippen LogP contribution in [0, 0.1) is 5.82 Å². The number of aromatic carboxylic acids is 1. The lowest BCUT2D eigenvalue weighted by Gasteiger charge is -2.09. The Labute approximate surface area is 150 Å². The Morgan fingerprint density at radius 1 is 1.12 bits per heavy atom. The summed E-state index contributed by atoms with van der Waals surface area (Å²) < 4.78 is 18.5. The molecule has 2 N–H and O–H groups in total. The summed E-state index contributed by atoms with van der Waals surface area (Å²) >= 11 is 0. The van der Waals surface area contributed by atoms with Crippen molar-refractivity contribution in [2.45, 2.75) is 13.2 Å². The molecule has 0 aliphatic carbocycles. The number of nitrogens with one attached hydrogen (secondary N) is 1. The lowest BCUT2D eigenvalue weighted by molar-refractivity contribution is 0.0697. The largest absolute Gasteiger partial charge is 0.487 e. The van der Waals surface area contributed by atoms with E-state index in [0.717, 1.165) is 11.3 Å². The predicted octanol–water partition coefficient (Wildman–Crippen LogP) is 4.11. The van der Waals surface area contributed by atoms with Crippen LogP contribution in [0.5, 0.6) is 5.75 Å². The van der Waals surface area contributed by atoms with Crippen LogP contribution in [-0.4, -0.2) is 16.1 Å². The number of ether oxygens (including phenoxy) is 1. The van der Waals surface area contributed by atoms with Gasteiger partial charge >= 0.3 is 5.97 Å². The van der Waals surface area contributed by atoms with E-state index in [0.29, 0.717) is 24.6 Å². The van der Waals surface area contributed by atoms with Gasteiger partial charge in [0, 0.05) is 5.69 Å². The molecule has 0 amide bonds.